The third-order valence-electron chi connectivity index (χ3n) is 4.67. The minimum Gasteiger partial charge on any atom is -0.461 e. The SMILES string of the molecule is CCc1cnc(OCC23CCCN2C[C@H](F)C3)nc1C. The third kappa shape index (κ3) is 2.39. The lowest BCUT2D eigenvalue weighted by Crippen LogP contribution is -2.43. The summed E-state index contributed by atoms with van der Waals surface area (Å²) in [6, 6.07) is 0.420. The van der Waals surface area contributed by atoms with Crippen molar-refractivity contribution in [1.29, 1.82) is 0 Å². The molecular formula is C15H22FN3O. The summed E-state index contributed by atoms with van der Waals surface area (Å²) in [6.45, 7) is 6.09. The van der Waals surface area contributed by atoms with Crippen molar-refractivity contribution in [2.75, 3.05) is 19.7 Å². The van der Waals surface area contributed by atoms with Gasteiger partial charge >= 0.3 is 6.01 Å². The number of aryl methyl sites for hydroxylation is 2. The first-order valence-corrected chi connectivity index (χ1v) is 7.47. The highest BCUT2D eigenvalue weighted by Gasteiger charge is 2.49. The van der Waals surface area contributed by atoms with Crippen molar-refractivity contribution < 1.29 is 9.13 Å². The van der Waals surface area contributed by atoms with E-state index in [1.54, 1.807) is 0 Å². The zero-order chi connectivity index (χ0) is 14.2. The van der Waals surface area contributed by atoms with Crippen molar-refractivity contribution in [3.05, 3.63) is 17.5 Å². The van der Waals surface area contributed by atoms with Gasteiger partial charge in [-0.05, 0) is 38.3 Å². The Morgan fingerprint density at radius 2 is 2.40 bits per heavy atom. The van der Waals surface area contributed by atoms with Crippen LogP contribution in [0.15, 0.2) is 6.20 Å². The zero-order valence-corrected chi connectivity index (χ0v) is 12.2. The number of nitrogens with zero attached hydrogens (tertiary/aromatic N) is 3. The summed E-state index contributed by atoms with van der Waals surface area (Å²) in [5.74, 6) is 0. The van der Waals surface area contributed by atoms with E-state index in [0.717, 1.165) is 37.1 Å². The van der Waals surface area contributed by atoms with Crippen molar-refractivity contribution in [3.63, 3.8) is 0 Å². The van der Waals surface area contributed by atoms with Gasteiger partial charge < -0.3 is 4.74 Å². The highest BCUT2D eigenvalue weighted by Crippen LogP contribution is 2.40. The Morgan fingerprint density at radius 3 is 3.15 bits per heavy atom. The minimum absolute atomic E-state index is 0.125. The van der Waals surface area contributed by atoms with Crippen LogP contribution < -0.4 is 4.74 Å². The highest BCUT2D eigenvalue weighted by molar-refractivity contribution is 5.17. The van der Waals surface area contributed by atoms with Crippen LogP contribution in [0.25, 0.3) is 0 Å². The summed E-state index contributed by atoms with van der Waals surface area (Å²) in [5.41, 5.74) is 1.98. The molecule has 0 radical (unpaired) electrons. The molecule has 0 aromatic carbocycles. The van der Waals surface area contributed by atoms with E-state index in [2.05, 4.69) is 21.8 Å². The molecule has 1 aromatic rings. The predicted molar refractivity (Wildman–Crippen MR) is 74.7 cm³/mol. The van der Waals surface area contributed by atoms with Gasteiger partial charge in [-0.15, -0.1) is 0 Å². The minimum atomic E-state index is -0.718. The second-order valence-electron chi connectivity index (χ2n) is 5.98. The number of aromatic nitrogens is 2. The van der Waals surface area contributed by atoms with Gasteiger partial charge in [-0.25, -0.2) is 14.4 Å². The van der Waals surface area contributed by atoms with Crippen LogP contribution in [-0.4, -0.2) is 46.3 Å². The number of hydrogen-bond donors (Lipinski definition) is 0. The van der Waals surface area contributed by atoms with Crippen LogP contribution in [0, 0.1) is 6.92 Å². The summed E-state index contributed by atoms with van der Waals surface area (Å²) >= 11 is 0. The molecule has 1 unspecified atom stereocenters. The van der Waals surface area contributed by atoms with Gasteiger partial charge in [0.1, 0.15) is 12.8 Å². The Balaban J connectivity index is 1.68. The fraction of sp³-hybridized carbons (Fsp3) is 0.733. The number of fused-ring (bicyclic) bond motifs is 1. The average Bonchev–Trinajstić information content (AvgIpc) is 2.92. The van der Waals surface area contributed by atoms with Gasteiger partial charge in [0.05, 0.1) is 5.54 Å². The zero-order valence-electron chi connectivity index (χ0n) is 12.2. The molecule has 0 N–H and O–H groups in total. The van der Waals surface area contributed by atoms with Crippen LogP contribution in [0.4, 0.5) is 4.39 Å². The number of halogens is 1. The molecule has 110 valence electrons. The van der Waals surface area contributed by atoms with Crippen LogP contribution in [-0.2, 0) is 6.42 Å². The molecule has 2 fully saturated rings. The molecule has 2 aliphatic heterocycles. The first-order valence-electron chi connectivity index (χ1n) is 7.47. The van der Waals surface area contributed by atoms with E-state index in [1.807, 2.05) is 13.1 Å². The Bertz CT molecular complexity index is 496. The number of rotatable bonds is 4. The van der Waals surface area contributed by atoms with Crippen LogP contribution in [0.3, 0.4) is 0 Å². The van der Waals surface area contributed by atoms with E-state index in [4.69, 9.17) is 4.74 Å². The molecule has 4 nitrogen and oxygen atoms in total. The number of ether oxygens (including phenoxy) is 1. The number of hydrogen-bond acceptors (Lipinski definition) is 4. The summed E-state index contributed by atoms with van der Waals surface area (Å²) in [7, 11) is 0. The van der Waals surface area contributed by atoms with E-state index in [-0.39, 0.29) is 5.54 Å². The van der Waals surface area contributed by atoms with Gasteiger partial charge in [0.25, 0.3) is 0 Å². The molecule has 0 spiro atoms. The van der Waals surface area contributed by atoms with Crippen molar-refractivity contribution >= 4 is 0 Å². The molecule has 5 heteroatoms. The van der Waals surface area contributed by atoms with Gasteiger partial charge in [0.2, 0.25) is 0 Å². The summed E-state index contributed by atoms with van der Waals surface area (Å²) in [6.07, 6.45) is 4.76. The number of alkyl halides is 1. The largest absolute Gasteiger partial charge is 0.461 e. The van der Waals surface area contributed by atoms with Gasteiger partial charge in [0, 0.05) is 24.9 Å². The molecule has 0 aliphatic carbocycles. The molecular weight excluding hydrogens is 257 g/mol. The van der Waals surface area contributed by atoms with Gasteiger partial charge in [0.15, 0.2) is 0 Å². The van der Waals surface area contributed by atoms with Crippen molar-refractivity contribution in [3.8, 4) is 6.01 Å². The third-order valence-corrected chi connectivity index (χ3v) is 4.67. The van der Waals surface area contributed by atoms with E-state index in [1.165, 1.54) is 0 Å². The molecule has 0 saturated carbocycles. The van der Waals surface area contributed by atoms with E-state index in [9.17, 15) is 4.39 Å². The molecule has 2 atom stereocenters. The van der Waals surface area contributed by atoms with Crippen molar-refractivity contribution in [1.82, 2.24) is 14.9 Å². The molecule has 0 amide bonds. The maximum Gasteiger partial charge on any atom is 0.316 e. The summed E-state index contributed by atoms with van der Waals surface area (Å²) in [5, 5.41) is 0. The predicted octanol–water partition coefficient (Wildman–Crippen LogP) is 2.30. The van der Waals surface area contributed by atoms with Crippen LogP contribution in [0.5, 0.6) is 6.01 Å². The molecule has 20 heavy (non-hydrogen) atoms. The molecule has 3 heterocycles. The van der Waals surface area contributed by atoms with Gasteiger partial charge in [-0.3, -0.25) is 4.90 Å². The standard InChI is InChI=1S/C15H22FN3O/c1-3-12-8-17-14(18-11(12)2)20-10-15-5-4-6-19(15)9-13(16)7-15/h8,13H,3-7,9-10H2,1-2H3/t13-,15?/m1/s1. The molecule has 3 rings (SSSR count). The van der Waals surface area contributed by atoms with Gasteiger partial charge in [-0.2, -0.15) is 0 Å². The smallest absolute Gasteiger partial charge is 0.316 e. The van der Waals surface area contributed by atoms with Crippen LogP contribution in [0.1, 0.15) is 37.4 Å². The Labute approximate surface area is 119 Å². The quantitative estimate of drug-likeness (QED) is 0.847. The Hall–Kier alpha value is -1.23. The van der Waals surface area contributed by atoms with Crippen molar-refractivity contribution in [2.24, 2.45) is 0 Å². The summed E-state index contributed by atoms with van der Waals surface area (Å²) in [4.78, 5) is 10.9. The highest BCUT2D eigenvalue weighted by atomic mass is 19.1. The van der Waals surface area contributed by atoms with Crippen molar-refractivity contribution in [2.45, 2.75) is 51.2 Å². The van der Waals surface area contributed by atoms with E-state index >= 15 is 0 Å². The topological polar surface area (TPSA) is 38.2 Å². The Kier molecular flexibility index (Phi) is 3.63. The van der Waals surface area contributed by atoms with Crippen LogP contribution >= 0.6 is 0 Å². The molecule has 0 bridgehead atoms. The van der Waals surface area contributed by atoms with Crippen LogP contribution in [0.2, 0.25) is 0 Å². The first-order chi connectivity index (χ1) is 9.63. The van der Waals surface area contributed by atoms with E-state index < -0.39 is 6.17 Å². The second-order valence-corrected chi connectivity index (χ2v) is 5.98. The molecule has 2 saturated heterocycles. The first kappa shape index (κ1) is 13.7. The maximum atomic E-state index is 13.7. The normalized spacial score (nSPS) is 29.6. The molecule has 1 aromatic heterocycles. The van der Waals surface area contributed by atoms with Gasteiger partial charge in [-0.1, -0.05) is 6.92 Å². The lowest BCUT2D eigenvalue weighted by molar-refractivity contribution is 0.107. The second kappa shape index (κ2) is 5.28. The Morgan fingerprint density at radius 1 is 1.55 bits per heavy atom. The van der Waals surface area contributed by atoms with E-state index in [0.29, 0.717) is 25.6 Å². The lowest BCUT2D eigenvalue weighted by Gasteiger charge is -2.30. The summed E-state index contributed by atoms with van der Waals surface area (Å²) < 4.78 is 19.4. The maximum absolute atomic E-state index is 13.7. The fourth-order valence-corrected chi connectivity index (χ4v) is 3.53. The molecule has 2 aliphatic rings. The lowest BCUT2D eigenvalue weighted by atomic mass is 9.95. The fourth-order valence-electron chi connectivity index (χ4n) is 3.53. The average molecular weight is 279 g/mol. The monoisotopic (exact) mass is 279 g/mol.